The van der Waals surface area contributed by atoms with Crippen LogP contribution in [0.3, 0.4) is 0 Å². The standard InChI is InChI=1S/C14H20N2O3/c1-9(2)11-6-4-5-7-12(11)15-8-13(14(18)19)16-10(3)17/h4-7,9,13,15H,8H2,1-3H3,(H,16,17)(H,18,19). The van der Waals surface area contributed by atoms with Crippen LogP contribution in [0.2, 0.25) is 0 Å². The van der Waals surface area contributed by atoms with Gasteiger partial charge >= 0.3 is 5.97 Å². The fourth-order valence-electron chi connectivity index (χ4n) is 1.82. The van der Waals surface area contributed by atoms with E-state index < -0.39 is 12.0 Å². The highest BCUT2D eigenvalue weighted by atomic mass is 16.4. The fraction of sp³-hybridized carbons (Fsp3) is 0.429. The number of hydrogen-bond donors (Lipinski definition) is 3. The minimum Gasteiger partial charge on any atom is -0.480 e. The summed E-state index contributed by atoms with van der Waals surface area (Å²) in [6.45, 7) is 5.60. The van der Waals surface area contributed by atoms with E-state index in [1.165, 1.54) is 6.92 Å². The van der Waals surface area contributed by atoms with Crippen molar-refractivity contribution in [3.8, 4) is 0 Å². The molecule has 0 aliphatic rings. The number of hydrogen-bond acceptors (Lipinski definition) is 3. The van der Waals surface area contributed by atoms with Crippen molar-refractivity contribution in [2.45, 2.75) is 32.7 Å². The molecule has 1 rings (SSSR count). The van der Waals surface area contributed by atoms with Gasteiger partial charge in [-0.25, -0.2) is 4.79 Å². The molecule has 0 radical (unpaired) electrons. The second kappa shape index (κ2) is 6.78. The number of carboxylic acid groups (broad SMARTS) is 1. The Morgan fingerprint density at radius 3 is 2.42 bits per heavy atom. The summed E-state index contributed by atoms with van der Waals surface area (Å²) >= 11 is 0. The van der Waals surface area contributed by atoms with Gasteiger partial charge in [0, 0.05) is 19.2 Å². The molecule has 104 valence electrons. The molecule has 0 saturated carbocycles. The molecule has 1 aromatic carbocycles. The van der Waals surface area contributed by atoms with Gasteiger partial charge in [-0.3, -0.25) is 4.79 Å². The Morgan fingerprint density at radius 2 is 1.89 bits per heavy atom. The van der Waals surface area contributed by atoms with Gasteiger partial charge in [-0.05, 0) is 17.5 Å². The molecule has 0 spiro atoms. The number of para-hydroxylation sites is 1. The van der Waals surface area contributed by atoms with Gasteiger partial charge in [0.1, 0.15) is 6.04 Å². The number of rotatable bonds is 6. The van der Waals surface area contributed by atoms with Gasteiger partial charge in [-0.15, -0.1) is 0 Å². The normalized spacial score (nSPS) is 12.0. The third-order valence-corrected chi connectivity index (χ3v) is 2.76. The lowest BCUT2D eigenvalue weighted by molar-refractivity contribution is -0.141. The van der Waals surface area contributed by atoms with Gasteiger partial charge in [0.05, 0.1) is 0 Å². The number of nitrogens with one attached hydrogen (secondary N) is 2. The zero-order valence-electron chi connectivity index (χ0n) is 11.4. The van der Waals surface area contributed by atoms with Crippen LogP contribution < -0.4 is 10.6 Å². The molecule has 0 saturated heterocycles. The van der Waals surface area contributed by atoms with Crippen LogP contribution in [0.5, 0.6) is 0 Å². The van der Waals surface area contributed by atoms with Crippen LogP contribution in [-0.2, 0) is 9.59 Å². The SMILES string of the molecule is CC(=O)NC(CNc1ccccc1C(C)C)C(=O)O. The Morgan fingerprint density at radius 1 is 1.26 bits per heavy atom. The molecule has 1 atom stereocenters. The van der Waals surface area contributed by atoms with Gasteiger partial charge in [0.25, 0.3) is 0 Å². The number of anilines is 1. The van der Waals surface area contributed by atoms with Crippen LogP contribution in [-0.4, -0.2) is 29.6 Å². The van der Waals surface area contributed by atoms with E-state index in [0.717, 1.165) is 11.3 Å². The van der Waals surface area contributed by atoms with E-state index in [-0.39, 0.29) is 12.5 Å². The molecule has 5 heteroatoms. The first kappa shape index (κ1) is 15.0. The Labute approximate surface area is 113 Å². The van der Waals surface area contributed by atoms with Crippen molar-refractivity contribution in [3.05, 3.63) is 29.8 Å². The quantitative estimate of drug-likeness (QED) is 0.732. The lowest BCUT2D eigenvalue weighted by Crippen LogP contribution is -2.44. The third kappa shape index (κ3) is 4.62. The largest absolute Gasteiger partial charge is 0.480 e. The average molecular weight is 264 g/mol. The highest BCUT2D eigenvalue weighted by Gasteiger charge is 2.18. The molecular weight excluding hydrogens is 244 g/mol. The van der Waals surface area contributed by atoms with Gasteiger partial charge in [-0.1, -0.05) is 32.0 Å². The van der Waals surface area contributed by atoms with Gasteiger partial charge < -0.3 is 15.7 Å². The topological polar surface area (TPSA) is 78.4 Å². The van der Waals surface area contributed by atoms with Crippen LogP contribution in [0.25, 0.3) is 0 Å². The highest BCUT2D eigenvalue weighted by Crippen LogP contribution is 2.23. The lowest BCUT2D eigenvalue weighted by atomic mass is 10.0. The average Bonchev–Trinajstić information content (AvgIpc) is 2.34. The number of benzene rings is 1. The zero-order valence-corrected chi connectivity index (χ0v) is 11.4. The molecule has 1 unspecified atom stereocenters. The summed E-state index contributed by atoms with van der Waals surface area (Å²) in [7, 11) is 0. The Bertz CT molecular complexity index is 458. The van der Waals surface area contributed by atoms with Crippen molar-refractivity contribution < 1.29 is 14.7 Å². The second-order valence-corrected chi connectivity index (χ2v) is 4.71. The molecule has 0 aromatic heterocycles. The monoisotopic (exact) mass is 264 g/mol. The smallest absolute Gasteiger partial charge is 0.328 e. The van der Waals surface area contributed by atoms with Crippen molar-refractivity contribution in [2.24, 2.45) is 0 Å². The predicted molar refractivity (Wildman–Crippen MR) is 74.3 cm³/mol. The first-order valence-corrected chi connectivity index (χ1v) is 6.24. The molecule has 0 heterocycles. The van der Waals surface area contributed by atoms with E-state index in [0.29, 0.717) is 5.92 Å². The Hall–Kier alpha value is -2.04. The maximum absolute atomic E-state index is 11.0. The molecule has 0 bridgehead atoms. The molecule has 19 heavy (non-hydrogen) atoms. The van der Waals surface area contributed by atoms with Crippen molar-refractivity contribution in [3.63, 3.8) is 0 Å². The number of aliphatic carboxylic acids is 1. The van der Waals surface area contributed by atoms with Crippen LogP contribution in [0, 0.1) is 0 Å². The van der Waals surface area contributed by atoms with Crippen LogP contribution in [0.15, 0.2) is 24.3 Å². The maximum atomic E-state index is 11.0. The molecule has 5 nitrogen and oxygen atoms in total. The molecule has 0 aliphatic carbocycles. The number of carbonyl (C=O) groups excluding carboxylic acids is 1. The summed E-state index contributed by atoms with van der Waals surface area (Å²) in [6.07, 6.45) is 0. The zero-order chi connectivity index (χ0) is 14.4. The molecule has 1 aromatic rings. The predicted octanol–water partition coefficient (Wildman–Crippen LogP) is 1.81. The van der Waals surface area contributed by atoms with Crippen molar-refractivity contribution >= 4 is 17.6 Å². The van der Waals surface area contributed by atoms with Crippen molar-refractivity contribution in [1.29, 1.82) is 0 Å². The Balaban J connectivity index is 2.74. The van der Waals surface area contributed by atoms with Crippen LogP contribution >= 0.6 is 0 Å². The fourth-order valence-corrected chi connectivity index (χ4v) is 1.82. The van der Waals surface area contributed by atoms with E-state index in [4.69, 9.17) is 5.11 Å². The summed E-state index contributed by atoms with van der Waals surface area (Å²) in [5.74, 6) is -1.07. The summed E-state index contributed by atoms with van der Waals surface area (Å²) in [6, 6.07) is 6.81. The highest BCUT2D eigenvalue weighted by molar-refractivity contribution is 5.82. The van der Waals surface area contributed by atoms with E-state index >= 15 is 0 Å². The van der Waals surface area contributed by atoms with Crippen molar-refractivity contribution in [1.82, 2.24) is 5.32 Å². The molecule has 1 amide bonds. The summed E-state index contributed by atoms with van der Waals surface area (Å²) in [5, 5.41) is 14.5. The van der Waals surface area contributed by atoms with E-state index in [9.17, 15) is 9.59 Å². The first-order valence-electron chi connectivity index (χ1n) is 6.24. The minimum atomic E-state index is -1.05. The molecule has 0 fully saturated rings. The maximum Gasteiger partial charge on any atom is 0.328 e. The van der Waals surface area contributed by atoms with Crippen LogP contribution in [0.4, 0.5) is 5.69 Å². The molecule has 3 N–H and O–H groups in total. The summed E-state index contributed by atoms with van der Waals surface area (Å²) in [4.78, 5) is 22.0. The Kier molecular flexibility index (Phi) is 5.36. The molecular formula is C14H20N2O3. The molecule has 0 aliphatic heterocycles. The lowest BCUT2D eigenvalue weighted by Gasteiger charge is -2.18. The third-order valence-electron chi connectivity index (χ3n) is 2.76. The number of amides is 1. The van der Waals surface area contributed by atoms with Crippen molar-refractivity contribution in [2.75, 3.05) is 11.9 Å². The van der Waals surface area contributed by atoms with E-state index in [1.807, 2.05) is 24.3 Å². The number of carbonyl (C=O) groups is 2. The van der Waals surface area contributed by atoms with Gasteiger partial charge in [0.15, 0.2) is 0 Å². The van der Waals surface area contributed by atoms with Crippen LogP contribution in [0.1, 0.15) is 32.3 Å². The summed E-state index contributed by atoms with van der Waals surface area (Å²) < 4.78 is 0. The van der Waals surface area contributed by atoms with Gasteiger partial charge in [-0.2, -0.15) is 0 Å². The summed E-state index contributed by atoms with van der Waals surface area (Å²) in [5.41, 5.74) is 2.02. The number of carboxylic acids is 1. The van der Waals surface area contributed by atoms with E-state index in [1.54, 1.807) is 0 Å². The second-order valence-electron chi connectivity index (χ2n) is 4.71. The van der Waals surface area contributed by atoms with E-state index in [2.05, 4.69) is 24.5 Å². The van der Waals surface area contributed by atoms with Gasteiger partial charge in [0.2, 0.25) is 5.91 Å². The minimum absolute atomic E-state index is 0.151. The first-order chi connectivity index (χ1) is 8.91.